The summed E-state index contributed by atoms with van der Waals surface area (Å²) >= 11 is 0. The minimum absolute atomic E-state index is 0.00865. The zero-order valence-corrected chi connectivity index (χ0v) is 24.7. The van der Waals surface area contributed by atoms with Gasteiger partial charge in [-0.1, -0.05) is 76.2 Å². The number of nitrogens with one attached hydrogen (secondary N) is 2. The number of aliphatic hydroxyl groups excluding tert-OH is 1. The van der Waals surface area contributed by atoms with Crippen molar-refractivity contribution in [3.63, 3.8) is 0 Å². The molecular formula is C32H43BN2O6. The molecule has 0 radical (unpaired) electrons. The quantitative estimate of drug-likeness (QED) is 0.280. The maximum atomic E-state index is 13.6. The number of carbonyl (C=O) groups is 2. The van der Waals surface area contributed by atoms with Gasteiger partial charge in [-0.05, 0) is 73.5 Å². The molecule has 2 bridgehead atoms. The van der Waals surface area contributed by atoms with E-state index in [4.69, 9.17) is 14.1 Å². The minimum Gasteiger partial charge on any atom is -0.404 e. The lowest BCUT2D eigenvalue weighted by molar-refractivity contribution is -0.199. The largest absolute Gasteiger partial charge is 0.481 e. The molecule has 9 heteroatoms. The summed E-state index contributed by atoms with van der Waals surface area (Å²) in [6, 6.07) is 17.1. The van der Waals surface area contributed by atoms with Gasteiger partial charge < -0.3 is 24.6 Å². The van der Waals surface area contributed by atoms with Gasteiger partial charge in [-0.25, -0.2) is 4.79 Å². The number of aliphatic hydroxyl groups is 1. The maximum Gasteiger partial charge on any atom is 0.481 e. The molecule has 6 rings (SSSR count). The molecule has 0 aromatic heterocycles. The second-order valence-corrected chi connectivity index (χ2v) is 13.2. The molecule has 3 aliphatic carbocycles. The summed E-state index contributed by atoms with van der Waals surface area (Å²) in [6.45, 7) is 11.0. The topological polar surface area (TPSA) is 106 Å². The molecule has 3 N–H and O–H groups in total. The fourth-order valence-electron chi connectivity index (χ4n) is 7.12. The van der Waals surface area contributed by atoms with Crippen LogP contribution in [0.1, 0.15) is 69.8 Å². The molecule has 2 aromatic carbocycles. The summed E-state index contributed by atoms with van der Waals surface area (Å²) in [5.41, 5.74) is 3.73. The normalized spacial score (nSPS) is 28.3. The Labute approximate surface area is 243 Å². The Hall–Kier alpha value is -2.72. The van der Waals surface area contributed by atoms with Crippen LogP contribution in [0.3, 0.4) is 0 Å². The van der Waals surface area contributed by atoms with Crippen LogP contribution in [0.2, 0.25) is 0 Å². The van der Waals surface area contributed by atoms with E-state index in [1.54, 1.807) is 30.3 Å². The first-order valence-electron chi connectivity index (χ1n) is 14.9. The van der Waals surface area contributed by atoms with Crippen molar-refractivity contribution in [3.05, 3.63) is 71.8 Å². The van der Waals surface area contributed by atoms with Crippen LogP contribution < -0.4 is 10.8 Å². The fraction of sp³-hybridized carbons (Fsp3) is 0.562. The summed E-state index contributed by atoms with van der Waals surface area (Å²) in [5, 5.41) is 14.3. The third-order valence-electron chi connectivity index (χ3n) is 9.61. The number of rotatable bonds is 11. The van der Waals surface area contributed by atoms with Crippen molar-refractivity contribution in [3.8, 4) is 0 Å². The molecule has 0 spiro atoms. The van der Waals surface area contributed by atoms with Crippen LogP contribution in [0.15, 0.2) is 60.7 Å². The van der Waals surface area contributed by atoms with Crippen LogP contribution in [0.4, 0.5) is 0 Å². The van der Waals surface area contributed by atoms with Gasteiger partial charge in [0.1, 0.15) is 0 Å². The van der Waals surface area contributed by atoms with E-state index in [-0.39, 0.29) is 23.9 Å². The van der Waals surface area contributed by atoms with Gasteiger partial charge in [0.05, 0.1) is 29.3 Å². The van der Waals surface area contributed by atoms with Gasteiger partial charge in [-0.2, -0.15) is 0 Å². The Kier molecular flexibility index (Phi) is 8.62. The van der Waals surface area contributed by atoms with Gasteiger partial charge in [0, 0.05) is 0 Å². The second kappa shape index (κ2) is 11.9. The Balaban J connectivity index is 1.29. The summed E-state index contributed by atoms with van der Waals surface area (Å²) in [7, 11) is -0.602. The Bertz CT molecular complexity index is 1210. The molecule has 220 valence electrons. The molecule has 41 heavy (non-hydrogen) atoms. The molecule has 1 aliphatic heterocycles. The zero-order chi connectivity index (χ0) is 29.4. The second-order valence-electron chi connectivity index (χ2n) is 13.2. The van der Waals surface area contributed by atoms with Crippen LogP contribution >= 0.6 is 0 Å². The smallest absolute Gasteiger partial charge is 0.404 e. The van der Waals surface area contributed by atoms with Crippen LogP contribution in [0.5, 0.6) is 0 Å². The van der Waals surface area contributed by atoms with Crippen molar-refractivity contribution in [2.75, 3.05) is 0 Å². The van der Waals surface area contributed by atoms with Gasteiger partial charge in [0.25, 0.3) is 0 Å². The van der Waals surface area contributed by atoms with Crippen molar-refractivity contribution in [1.82, 2.24) is 10.8 Å². The maximum absolute atomic E-state index is 13.6. The van der Waals surface area contributed by atoms with Crippen molar-refractivity contribution in [2.45, 2.75) is 90.1 Å². The SMILES string of the molecule is CC(C)C[C@H](NC(=O)[C@@H](O)[C@@H](Cc1ccccc1)NOC(=O)c1ccccc1)B1O[C@@H]2C[C@@H]3C[C@@H](C3(C)C)[C@]2(C)O1. The highest BCUT2D eigenvalue weighted by atomic mass is 16.7. The van der Waals surface area contributed by atoms with Crippen LogP contribution in [-0.4, -0.2) is 53.9 Å². The van der Waals surface area contributed by atoms with Crippen molar-refractivity contribution < 1.29 is 28.8 Å². The molecule has 2 aromatic rings. The van der Waals surface area contributed by atoms with E-state index < -0.39 is 42.7 Å². The monoisotopic (exact) mass is 562 g/mol. The van der Waals surface area contributed by atoms with Gasteiger partial charge in [-0.3, -0.25) is 4.79 Å². The third kappa shape index (κ3) is 6.09. The van der Waals surface area contributed by atoms with Crippen LogP contribution in [-0.2, 0) is 25.4 Å². The average molecular weight is 563 g/mol. The molecule has 4 fully saturated rings. The lowest BCUT2D eigenvalue weighted by Gasteiger charge is -2.64. The van der Waals surface area contributed by atoms with E-state index in [1.807, 2.05) is 30.3 Å². The molecule has 3 saturated carbocycles. The fourth-order valence-corrected chi connectivity index (χ4v) is 7.12. The van der Waals surface area contributed by atoms with Crippen LogP contribution in [0.25, 0.3) is 0 Å². The van der Waals surface area contributed by atoms with E-state index in [9.17, 15) is 14.7 Å². The number of hydrogen-bond acceptors (Lipinski definition) is 7. The highest BCUT2D eigenvalue weighted by Crippen LogP contribution is 2.65. The molecule has 1 amide bonds. The predicted molar refractivity (Wildman–Crippen MR) is 156 cm³/mol. The Morgan fingerprint density at radius 3 is 2.34 bits per heavy atom. The highest BCUT2D eigenvalue weighted by molar-refractivity contribution is 6.47. The van der Waals surface area contributed by atoms with E-state index in [2.05, 4.69) is 45.4 Å². The standard InChI is InChI=1S/C32H43BN2O6/c1-20(2)16-27(33-39-26-19-23-18-25(31(23,3)4)32(26,5)41-33)34-29(37)28(36)24(17-21-12-8-6-9-13-21)35-40-30(38)22-14-10-7-11-15-22/h6-15,20,23-28,35-36H,16-19H2,1-5H3,(H,34,37)/t23-,24+,25-,26+,27-,28-,32-/m0/s1. The lowest BCUT2D eigenvalue weighted by atomic mass is 9.43. The molecule has 8 nitrogen and oxygen atoms in total. The molecule has 7 atom stereocenters. The lowest BCUT2D eigenvalue weighted by Crippen LogP contribution is -2.65. The van der Waals surface area contributed by atoms with Crippen molar-refractivity contribution in [2.24, 2.45) is 23.2 Å². The van der Waals surface area contributed by atoms with Gasteiger partial charge in [-0.15, -0.1) is 5.48 Å². The molecular weight excluding hydrogens is 519 g/mol. The minimum atomic E-state index is -1.50. The van der Waals surface area contributed by atoms with Gasteiger partial charge >= 0.3 is 13.1 Å². The first-order valence-corrected chi connectivity index (χ1v) is 14.9. The van der Waals surface area contributed by atoms with E-state index in [1.165, 1.54) is 0 Å². The van der Waals surface area contributed by atoms with E-state index in [0.29, 0.717) is 23.8 Å². The van der Waals surface area contributed by atoms with Crippen molar-refractivity contribution in [1.29, 1.82) is 0 Å². The van der Waals surface area contributed by atoms with Gasteiger partial charge in [0.2, 0.25) is 5.91 Å². The predicted octanol–water partition coefficient (Wildman–Crippen LogP) is 4.12. The number of benzene rings is 2. The number of amides is 1. The van der Waals surface area contributed by atoms with E-state index >= 15 is 0 Å². The summed E-state index contributed by atoms with van der Waals surface area (Å²) < 4.78 is 13.1. The summed E-state index contributed by atoms with van der Waals surface area (Å²) in [6.07, 6.45) is 1.48. The Morgan fingerprint density at radius 1 is 1.05 bits per heavy atom. The average Bonchev–Trinajstić information content (AvgIpc) is 3.32. The molecule has 1 saturated heterocycles. The van der Waals surface area contributed by atoms with Crippen LogP contribution in [0, 0.1) is 23.2 Å². The number of hydrogen-bond donors (Lipinski definition) is 3. The Morgan fingerprint density at radius 2 is 1.71 bits per heavy atom. The zero-order valence-electron chi connectivity index (χ0n) is 24.7. The van der Waals surface area contributed by atoms with Crippen molar-refractivity contribution >= 4 is 19.0 Å². The molecule has 4 aliphatic rings. The summed E-state index contributed by atoms with van der Waals surface area (Å²) in [4.78, 5) is 31.5. The third-order valence-corrected chi connectivity index (χ3v) is 9.61. The number of hydroxylamine groups is 1. The first-order chi connectivity index (χ1) is 19.5. The highest BCUT2D eigenvalue weighted by Gasteiger charge is 2.68. The first kappa shape index (κ1) is 29.8. The summed E-state index contributed by atoms with van der Waals surface area (Å²) in [5.74, 6) is -0.324. The molecule has 1 heterocycles. The number of carbonyl (C=O) groups excluding carboxylic acids is 2. The van der Waals surface area contributed by atoms with E-state index in [0.717, 1.165) is 18.4 Å². The molecule has 0 unspecified atom stereocenters. The van der Waals surface area contributed by atoms with Gasteiger partial charge in [0.15, 0.2) is 6.10 Å².